The molecule has 2 aliphatic rings. The van der Waals surface area contributed by atoms with Crippen molar-refractivity contribution < 1.29 is 42.9 Å². The van der Waals surface area contributed by atoms with Gasteiger partial charge in [-0.3, -0.25) is 14.4 Å². The number of hydrogen-bond donors (Lipinski definition) is 3. The zero-order valence-electron chi connectivity index (χ0n) is 34.7. The first-order valence-corrected chi connectivity index (χ1v) is 20.0. The summed E-state index contributed by atoms with van der Waals surface area (Å²) in [7, 11) is 0. The minimum absolute atomic E-state index is 0.0264. The summed E-state index contributed by atoms with van der Waals surface area (Å²) in [6, 6.07) is 16.1. The molecule has 3 aromatic heterocycles. The number of pyridine rings is 2. The third-order valence-electron chi connectivity index (χ3n) is 10.4. The number of benzene rings is 2. The van der Waals surface area contributed by atoms with Gasteiger partial charge < -0.3 is 39.1 Å². The van der Waals surface area contributed by atoms with Gasteiger partial charge in [0, 0.05) is 46.5 Å². The summed E-state index contributed by atoms with van der Waals surface area (Å²) < 4.78 is 24.2. The molecule has 5 heterocycles. The molecule has 5 aromatic rings. The normalized spacial score (nSPS) is 16.8. The number of carbonyl (C=O) groups excluding carboxylic acids is 5. The number of nitrogens with one attached hydrogen (secondary N) is 3. The fraction of sp³-hybridized carbons (Fsp3) is 0.400. The van der Waals surface area contributed by atoms with Crippen molar-refractivity contribution in [3.05, 3.63) is 99.5 Å². The lowest BCUT2D eigenvalue weighted by molar-refractivity contribution is -0.189. The van der Waals surface area contributed by atoms with Crippen LogP contribution in [-0.4, -0.2) is 67.7 Å². The summed E-state index contributed by atoms with van der Waals surface area (Å²) in [4.78, 5) is 90.3. The van der Waals surface area contributed by atoms with Crippen LogP contribution >= 0.6 is 0 Å². The first-order chi connectivity index (χ1) is 28.4. The van der Waals surface area contributed by atoms with Crippen molar-refractivity contribution in [1.29, 1.82) is 0 Å². The number of para-hydroxylation sites is 2. The van der Waals surface area contributed by atoms with E-state index in [9.17, 15) is 28.8 Å². The predicted octanol–water partition coefficient (Wildman–Crippen LogP) is 5.85. The monoisotopic (exact) mass is 819 g/mol. The van der Waals surface area contributed by atoms with E-state index >= 15 is 0 Å². The van der Waals surface area contributed by atoms with Crippen LogP contribution in [0.5, 0.6) is 0 Å². The van der Waals surface area contributed by atoms with Gasteiger partial charge >= 0.3 is 24.0 Å². The zero-order chi connectivity index (χ0) is 43.1. The molecule has 0 bridgehead atoms. The molecule has 0 spiro atoms. The van der Waals surface area contributed by atoms with E-state index < -0.39 is 65.2 Å². The Hall–Kier alpha value is -6.51. The summed E-state index contributed by atoms with van der Waals surface area (Å²) in [5.74, 6) is -3.30. The average molecular weight is 820 g/mol. The molecule has 60 heavy (non-hydrogen) atoms. The highest BCUT2D eigenvalue weighted by atomic mass is 16.6. The number of cyclic esters (lactones) is 1. The minimum atomic E-state index is -1.98. The fourth-order valence-electron chi connectivity index (χ4n) is 7.66. The number of fused-ring (bicyclic) bond motifs is 6. The third kappa shape index (κ3) is 8.47. The van der Waals surface area contributed by atoms with Crippen LogP contribution in [0.2, 0.25) is 0 Å². The average Bonchev–Trinajstić information content (AvgIpc) is 3.75. The van der Waals surface area contributed by atoms with Crippen LogP contribution in [0, 0.1) is 0 Å². The second-order valence-corrected chi connectivity index (χ2v) is 17.1. The number of rotatable bonds is 11. The molecular weight excluding hydrogens is 771 g/mol. The molecule has 314 valence electrons. The SMILES string of the molecule is CCC1(OC(=O)CCC(NC(=O)[C@H](Cc2c[nH]c3ccccc23)NC(=O)OC(C)(C)C)C(=O)OC(C)(C)C)C(=O)OCc2c1cc1n(c2=O)Cc2cc3ccccc3nc2-1. The van der Waals surface area contributed by atoms with Crippen LogP contribution in [0.1, 0.15) is 90.0 Å². The van der Waals surface area contributed by atoms with Crippen molar-refractivity contribution >= 4 is 51.7 Å². The number of alkyl carbamates (subject to hydrolysis) is 1. The highest BCUT2D eigenvalue weighted by molar-refractivity contribution is 5.92. The molecule has 0 aliphatic carbocycles. The highest BCUT2D eigenvalue weighted by Crippen LogP contribution is 2.41. The van der Waals surface area contributed by atoms with Crippen molar-refractivity contribution in [1.82, 2.24) is 25.2 Å². The maximum atomic E-state index is 14.1. The van der Waals surface area contributed by atoms with Gasteiger partial charge in [0.05, 0.1) is 29.0 Å². The molecule has 7 rings (SSSR count). The number of carbonyl (C=O) groups is 5. The van der Waals surface area contributed by atoms with Gasteiger partial charge in [0.2, 0.25) is 11.5 Å². The van der Waals surface area contributed by atoms with Crippen molar-refractivity contribution in [3.8, 4) is 11.4 Å². The summed E-state index contributed by atoms with van der Waals surface area (Å²) in [6.45, 7) is 11.7. The number of aromatic nitrogens is 3. The van der Waals surface area contributed by atoms with Crippen LogP contribution < -0.4 is 16.2 Å². The van der Waals surface area contributed by atoms with Crippen molar-refractivity contribution in [2.45, 2.75) is 116 Å². The Balaban J connectivity index is 1.14. The topological polar surface area (TPSA) is 197 Å². The van der Waals surface area contributed by atoms with E-state index in [0.717, 1.165) is 32.9 Å². The van der Waals surface area contributed by atoms with Crippen molar-refractivity contribution in [2.24, 2.45) is 0 Å². The molecule has 2 unspecified atom stereocenters. The van der Waals surface area contributed by atoms with E-state index in [1.807, 2.05) is 54.6 Å². The summed E-state index contributed by atoms with van der Waals surface area (Å²) in [6.07, 6.45) is 0.0947. The molecule has 15 nitrogen and oxygen atoms in total. The van der Waals surface area contributed by atoms with Gasteiger partial charge in [0.1, 0.15) is 29.9 Å². The quantitative estimate of drug-likeness (QED) is 0.105. The number of aromatic amines is 1. The molecule has 2 amide bonds. The van der Waals surface area contributed by atoms with Gasteiger partial charge in [0.15, 0.2) is 0 Å². The van der Waals surface area contributed by atoms with Crippen LogP contribution in [0.4, 0.5) is 4.79 Å². The van der Waals surface area contributed by atoms with Crippen molar-refractivity contribution in [2.75, 3.05) is 0 Å². The molecule has 0 radical (unpaired) electrons. The Morgan fingerprint density at radius 1 is 0.933 bits per heavy atom. The first kappa shape index (κ1) is 41.6. The van der Waals surface area contributed by atoms with Gasteiger partial charge in [-0.05, 0) is 84.2 Å². The Labute approximate surface area is 346 Å². The van der Waals surface area contributed by atoms with Crippen LogP contribution in [0.25, 0.3) is 33.2 Å². The minimum Gasteiger partial charge on any atom is -0.458 e. The lowest BCUT2D eigenvalue weighted by Crippen LogP contribution is -2.54. The summed E-state index contributed by atoms with van der Waals surface area (Å²) >= 11 is 0. The molecule has 3 atom stereocenters. The summed E-state index contributed by atoms with van der Waals surface area (Å²) in [5.41, 5.74) is 0.384. The van der Waals surface area contributed by atoms with E-state index in [4.69, 9.17) is 23.9 Å². The Morgan fingerprint density at radius 2 is 1.65 bits per heavy atom. The fourth-order valence-corrected chi connectivity index (χ4v) is 7.66. The van der Waals surface area contributed by atoms with Gasteiger partial charge in [-0.2, -0.15) is 0 Å². The number of ether oxygens (including phenoxy) is 4. The Kier molecular flexibility index (Phi) is 11.1. The third-order valence-corrected chi connectivity index (χ3v) is 10.4. The second-order valence-electron chi connectivity index (χ2n) is 17.1. The largest absolute Gasteiger partial charge is 0.458 e. The molecule has 0 saturated heterocycles. The van der Waals surface area contributed by atoms with Crippen molar-refractivity contribution in [3.63, 3.8) is 0 Å². The predicted molar refractivity (Wildman–Crippen MR) is 221 cm³/mol. The maximum absolute atomic E-state index is 14.1. The Bertz CT molecular complexity index is 2600. The number of esters is 3. The van der Waals surface area contributed by atoms with Gasteiger partial charge in [-0.1, -0.05) is 43.3 Å². The lowest BCUT2D eigenvalue weighted by Gasteiger charge is -2.35. The summed E-state index contributed by atoms with van der Waals surface area (Å²) in [5, 5.41) is 7.08. The van der Waals surface area contributed by atoms with Crippen LogP contribution in [0.15, 0.2) is 71.7 Å². The maximum Gasteiger partial charge on any atom is 0.408 e. The van der Waals surface area contributed by atoms with E-state index in [2.05, 4.69) is 15.6 Å². The van der Waals surface area contributed by atoms with E-state index in [0.29, 0.717) is 11.4 Å². The van der Waals surface area contributed by atoms with Gasteiger partial charge in [0.25, 0.3) is 5.56 Å². The zero-order valence-corrected chi connectivity index (χ0v) is 34.7. The lowest BCUT2D eigenvalue weighted by atomic mass is 9.85. The standard InChI is InChI=1S/C45H49N5O10/c1-8-45(30-21-35-37-27(19-25-13-9-11-15-31(25)47-37)23-50(35)39(53)29(30)24-57-41(45)55)58-36(51)18-17-33(40(54)59-43(2,3)4)48-38(52)34(49-42(56)60-44(5,6)7)20-26-22-46-32-16-12-10-14-28(26)32/h9-16,19,21-22,33-34,46H,8,17-18,20,23-24H2,1-7H3,(H,48,52)(H,49,56)/t33?,34-,45?/m0/s1. The molecule has 3 N–H and O–H groups in total. The second kappa shape index (κ2) is 15.9. The molecule has 2 aliphatic heterocycles. The molecule has 15 heteroatoms. The smallest absolute Gasteiger partial charge is 0.408 e. The number of hydrogen-bond acceptors (Lipinski definition) is 11. The number of nitrogens with zero attached hydrogens (tertiary/aromatic N) is 2. The molecule has 2 aromatic carbocycles. The molecule has 0 fully saturated rings. The van der Waals surface area contributed by atoms with Crippen LogP contribution in [0.3, 0.4) is 0 Å². The van der Waals surface area contributed by atoms with Gasteiger partial charge in [-0.15, -0.1) is 0 Å². The van der Waals surface area contributed by atoms with E-state index in [1.165, 1.54) is 0 Å². The van der Waals surface area contributed by atoms with E-state index in [1.54, 1.807) is 65.3 Å². The first-order valence-electron chi connectivity index (χ1n) is 20.0. The van der Waals surface area contributed by atoms with Gasteiger partial charge in [-0.25, -0.2) is 19.4 Å². The number of amides is 2. The molecular formula is C45H49N5O10. The Morgan fingerprint density at radius 3 is 2.38 bits per heavy atom. The van der Waals surface area contributed by atoms with Crippen LogP contribution in [-0.2, 0) is 63.3 Å². The molecule has 0 saturated carbocycles. The highest BCUT2D eigenvalue weighted by Gasteiger charge is 2.50. The number of H-pyrrole nitrogens is 1. The van der Waals surface area contributed by atoms with E-state index in [-0.39, 0.29) is 49.1 Å².